The van der Waals surface area contributed by atoms with Gasteiger partial charge in [-0.15, -0.1) is 0 Å². The third-order valence-corrected chi connectivity index (χ3v) is 7.51. The first-order valence-corrected chi connectivity index (χ1v) is 11.7. The second kappa shape index (κ2) is 8.46. The molecule has 0 aliphatic carbocycles. The van der Waals surface area contributed by atoms with Crippen LogP contribution in [0, 0.1) is 0 Å². The van der Waals surface area contributed by atoms with Crippen LogP contribution in [0.1, 0.15) is 25.0 Å². The van der Waals surface area contributed by atoms with Gasteiger partial charge >= 0.3 is 0 Å². The van der Waals surface area contributed by atoms with Gasteiger partial charge in [-0.2, -0.15) is 4.31 Å². The molecule has 28 heavy (non-hydrogen) atoms. The molecule has 6 nitrogen and oxygen atoms in total. The highest BCUT2D eigenvalue weighted by atomic mass is 32.2. The Kier molecular flexibility index (Phi) is 5.79. The zero-order chi connectivity index (χ0) is 19.4. The zero-order valence-electron chi connectivity index (χ0n) is 15.3. The van der Waals surface area contributed by atoms with Gasteiger partial charge < -0.3 is 4.52 Å². The van der Waals surface area contributed by atoms with Gasteiger partial charge in [-0.25, -0.2) is 13.4 Å². The monoisotopic (exact) mass is 415 g/mol. The highest BCUT2D eigenvalue weighted by molar-refractivity contribution is 7.98. The molecule has 0 spiro atoms. The summed E-state index contributed by atoms with van der Waals surface area (Å²) in [5.74, 6) is 1.33. The number of benzene rings is 1. The summed E-state index contributed by atoms with van der Waals surface area (Å²) in [6.45, 7) is 1.18. The summed E-state index contributed by atoms with van der Waals surface area (Å²) < 4.78 is 32.3. The number of rotatable bonds is 6. The van der Waals surface area contributed by atoms with Crippen molar-refractivity contribution in [2.45, 2.75) is 34.9 Å². The number of hydrogen-bond donors (Lipinski definition) is 0. The van der Waals surface area contributed by atoms with Gasteiger partial charge in [0.25, 0.3) is 0 Å². The highest BCUT2D eigenvalue weighted by Crippen LogP contribution is 2.26. The van der Waals surface area contributed by atoms with Gasteiger partial charge in [0.15, 0.2) is 5.76 Å². The van der Waals surface area contributed by atoms with E-state index in [0.717, 1.165) is 41.3 Å². The van der Waals surface area contributed by atoms with Gasteiger partial charge in [0.05, 0.1) is 10.7 Å². The molecule has 0 bridgehead atoms. The minimum atomic E-state index is -3.44. The van der Waals surface area contributed by atoms with E-state index in [-0.39, 0.29) is 4.90 Å². The van der Waals surface area contributed by atoms with Crippen LogP contribution in [0.2, 0.25) is 0 Å². The van der Waals surface area contributed by atoms with Crippen LogP contribution in [0.5, 0.6) is 0 Å². The fourth-order valence-corrected chi connectivity index (χ4v) is 5.31. The van der Waals surface area contributed by atoms with Crippen LogP contribution in [0.15, 0.2) is 69.2 Å². The average molecular weight is 416 g/mol. The van der Waals surface area contributed by atoms with Crippen LogP contribution in [0.25, 0.3) is 11.3 Å². The molecule has 0 atom stereocenters. The molecule has 1 saturated heterocycles. The largest absolute Gasteiger partial charge is 0.356 e. The first-order valence-electron chi connectivity index (χ1n) is 9.23. The minimum Gasteiger partial charge on any atom is -0.356 e. The first kappa shape index (κ1) is 19.2. The number of piperidine rings is 1. The molecule has 8 heteroatoms. The lowest BCUT2D eigenvalue weighted by molar-refractivity contribution is 0.346. The van der Waals surface area contributed by atoms with E-state index in [1.807, 2.05) is 36.4 Å². The van der Waals surface area contributed by atoms with Gasteiger partial charge in [-0.05, 0) is 25.0 Å². The average Bonchev–Trinajstić information content (AvgIpc) is 3.23. The molecular weight excluding hydrogens is 394 g/mol. The summed E-state index contributed by atoms with van der Waals surface area (Å²) >= 11 is 1.49. The van der Waals surface area contributed by atoms with Crippen molar-refractivity contribution in [2.75, 3.05) is 13.1 Å². The Labute approximate surface area is 169 Å². The Morgan fingerprint density at radius 2 is 1.82 bits per heavy atom. The van der Waals surface area contributed by atoms with E-state index in [1.54, 1.807) is 16.4 Å². The van der Waals surface area contributed by atoms with Gasteiger partial charge in [0.1, 0.15) is 4.90 Å². The Bertz CT molecular complexity index is 1010. The summed E-state index contributed by atoms with van der Waals surface area (Å²) in [4.78, 5) is 4.57. The fourth-order valence-electron chi connectivity index (χ4n) is 3.13. The highest BCUT2D eigenvalue weighted by Gasteiger charge is 2.26. The van der Waals surface area contributed by atoms with E-state index in [4.69, 9.17) is 4.52 Å². The van der Waals surface area contributed by atoms with Crippen LogP contribution in [0.4, 0.5) is 0 Å². The number of sulfonamides is 1. The smallest absolute Gasteiger partial charge is 0.244 e. The van der Waals surface area contributed by atoms with Gasteiger partial charge in [0, 0.05) is 36.7 Å². The van der Waals surface area contributed by atoms with Crippen LogP contribution >= 0.6 is 11.8 Å². The molecule has 0 radical (unpaired) electrons. The Hall–Kier alpha value is -2.16. The number of nitrogens with zero attached hydrogens (tertiary/aromatic N) is 3. The summed E-state index contributed by atoms with van der Waals surface area (Å²) in [6, 6.07) is 15.1. The number of aromatic nitrogens is 2. The van der Waals surface area contributed by atoms with Crippen LogP contribution in [-0.2, 0) is 15.8 Å². The molecule has 0 unspecified atom stereocenters. The molecular formula is C20H21N3O3S2. The number of pyridine rings is 1. The summed E-state index contributed by atoms with van der Waals surface area (Å²) in [6.07, 6.45) is 4.38. The summed E-state index contributed by atoms with van der Waals surface area (Å²) in [5.41, 5.74) is 1.80. The van der Waals surface area contributed by atoms with Crippen molar-refractivity contribution in [1.29, 1.82) is 0 Å². The topological polar surface area (TPSA) is 76.3 Å². The third-order valence-electron chi connectivity index (χ3n) is 4.65. The predicted octanol–water partition coefficient (Wildman–Crippen LogP) is 4.20. The second-order valence-corrected chi connectivity index (χ2v) is 9.57. The fraction of sp³-hybridized carbons (Fsp3) is 0.300. The van der Waals surface area contributed by atoms with E-state index in [0.29, 0.717) is 18.8 Å². The van der Waals surface area contributed by atoms with Gasteiger partial charge in [0.2, 0.25) is 10.0 Å². The molecule has 1 aliphatic heterocycles. The van der Waals surface area contributed by atoms with Crippen molar-refractivity contribution in [3.63, 3.8) is 0 Å². The quantitative estimate of drug-likeness (QED) is 0.562. The molecule has 0 N–H and O–H groups in total. The third kappa shape index (κ3) is 4.29. The van der Waals surface area contributed by atoms with Crippen molar-refractivity contribution in [3.05, 3.63) is 60.4 Å². The number of hydrogen-bond acceptors (Lipinski definition) is 6. The second-order valence-electron chi connectivity index (χ2n) is 6.63. The maximum Gasteiger partial charge on any atom is 0.244 e. The summed E-state index contributed by atoms with van der Waals surface area (Å²) in [7, 11) is -3.44. The Morgan fingerprint density at radius 1 is 1.04 bits per heavy atom. The van der Waals surface area contributed by atoms with Crippen molar-refractivity contribution in [3.8, 4) is 11.3 Å². The van der Waals surface area contributed by atoms with E-state index >= 15 is 0 Å². The molecule has 0 amide bonds. The molecule has 3 heterocycles. The molecule has 3 aromatic rings. The molecule has 2 aromatic heterocycles. The SMILES string of the molecule is O=S(=O)(c1ccc(SCc2cc(-c3ccccc3)on2)nc1)N1CCCCC1. The van der Waals surface area contributed by atoms with E-state index in [2.05, 4.69) is 10.1 Å². The lowest BCUT2D eigenvalue weighted by atomic mass is 10.2. The molecule has 0 saturated carbocycles. The van der Waals surface area contributed by atoms with Gasteiger partial charge in [-0.1, -0.05) is 53.7 Å². The van der Waals surface area contributed by atoms with E-state index < -0.39 is 10.0 Å². The lowest BCUT2D eigenvalue weighted by Crippen LogP contribution is -2.35. The first-order chi connectivity index (χ1) is 13.6. The molecule has 1 fully saturated rings. The van der Waals surface area contributed by atoms with E-state index in [1.165, 1.54) is 18.0 Å². The van der Waals surface area contributed by atoms with Crippen molar-refractivity contribution >= 4 is 21.8 Å². The Balaban J connectivity index is 1.39. The molecule has 1 aliphatic rings. The van der Waals surface area contributed by atoms with Gasteiger partial charge in [-0.3, -0.25) is 0 Å². The maximum atomic E-state index is 12.7. The molecule has 146 valence electrons. The molecule has 1 aromatic carbocycles. The normalized spacial score (nSPS) is 15.6. The van der Waals surface area contributed by atoms with Crippen LogP contribution in [-0.4, -0.2) is 36.0 Å². The van der Waals surface area contributed by atoms with Crippen LogP contribution < -0.4 is 0 Å². The van der Waals surface area contributed by atoms with E-state index in [9.17, 15) is 8.42 Å². The van der Waals surface area contributed by atoms with Crippen molar-refractivity contribution < 1.29 is 12.9 Å². The minimum absolute atomic E-state index is 0.256. The molecule has 4 rings (SSSR count). The Morgan fingerprint density at radius 3 is 2.54 bits per heavy atom. The summed E-state index contributed by atoms with van der Waals surface area (Å²) in [5, 5.41) is 4.85. The number of thioether (sulfide) groups is 1. The van der Waals surface area contributed by atoms with Crippen LogP contribution in [0.3, 0.4) is 0 Å². The lowest BCUT2D eigenvalue weighted by Gasteiger charge is -2.25. The van der Waals surface area contributed by atoms with Crippen molar-refractivity contribution in [2.24, 2.45) is 0 Å². The zero-order valence-corrected chi connectivity index (χ0v) is 17.0. The van der Waals surface area contributed by atoms with Crippen molar-refractivity contribution in [1.82, 2.24) is 14.4 Å². The maximum absolute atomic E-state index is 12.7. The predicted molar refractivity (Wildman–Crippen MR) is 108 cm³/mol. The standard InChI is InChI=1S/C20H21N3O3S2/c24-28(25,23-11-5-2-6-12-23)18-9-10-20(21-14-18)27-15-17-13-19(26-22-17)16-7-3-1-4-8-16/h1,3-4,7-10,13-14H,2,5-6,11-12,15H2.